The second kappa shape index (κ2) is 8.67. The van der Waals surface area contributed by atoms with E-state index < -0.39 is 0 Å². The fourth-order valence-corrected chi connectivity index (χ4v) is 3.99. The highest BCUT2D eigenvalue weighted by Crippen LogP contribution is 2.25. The predicted octanol–water partition coefficient (Wildman–Crippen LogP) is 3.86. The molecule has 0 spiro atoms. The van der Waals surface area contributed by atoms with Crippen molar-refractivity contribution in [3.63, 3.8) is 0 Å². The Morgan fingerprint density at radius 2 is 1.82 bits per heavy atom. The Hall–Kier alpha value is -3.72. The number of piperazine rings is 1. The maximum absolute atomic E-state index is 12.9. The SMILES string of the molecule is Cc1ccc(-c2noc(C(C)N3CCN(C(=O)c4cc(-c5ccc(C)o5)[nH]n4)CC3)n2)cc1. The summed E-state index contributed by atoms with van der Waals surface area (Å²) in [6.07, 6.45) is 0. The summed E-state index contributed by atoms with van der Waals surface area (Å²) >= 11 is 0. The molecule has 0 saturated carbocycles. The summed E-state index contributed by atoms with van der Waals surface area (Å²) in [4.78, 5) is 21.6. The van der Waals surface area contributed by atoms with Gasteiger partial charge in [0.15, 0.2) is 11.5 Å². The normalized spacial score (nSPS) is 15.7. The lowest BCUT2D eigenvalue weighted by molar-refractivity contribution is 0.0546. The number of aromatic amines is 1. The maximum Gasteiger partial charge on any atom is 0.274 e. The van der Waals surface area contributed by atoms with Crippen molar-refractivity contribution in [1.82, 2.24) is 30.1 Å². The van der Waals surface area contributed by atoms with Crippen LogP contribution in [0.1, 0.15) is 40.7 Å². The van der Waals surface area contributed by atoms with Gasteiger partial charge in [-0.15, -0.1) is 0 Å². The summed E-state index contributed by atoms with van der Waals surface area (Å²) in [6, 6.07) is 13.5. The van der Waals surface area contributed by atoms with Crippen molar-refractivity contribution < 1.29 is 13.7 Å². The van der Waals surface area contributed by atoms with Gasteiger partial charge < -0.3 is 13.8 Å². The Labute approximate surface area is 191 Å². The van der Waals surface area contributed by atoms with E-state index in [1.165, 1.54) is 5.56 Å². The number of amides is 1. The van der Waals surface area contributed by atoms with Crippen LogP contribution in [0.15, 0.2) is 51.4 Å². The van der Waals surface area contributed by atoms with Crippen LogP contribution in [0.3, 0.4) is 0 Å². The van der Waals surface area contributed by atoms with Gasteiger partial charge in [0.25, 0.3) is 5.91 Å². The molecule has 0 radical (unpaired) electrons. The first-order valence-electron chi connectivity index (χ1n) is 11.0. The summed E-state index contributed by atoms with van der Waals surface area (Å²) in [6.45, 7) is 8.60. The van der Waals surface area contributed by atoms with E-state index >= 15 is 0 Å². The zero-order chi connectivity index (χ0) is 22.9. The van der Waals surface area contributed by atoms with Crippen molar-refractivity contribution >= 4 is 5.91 Å². The average Bonchev–Trinajstić information content (AvgIpc) is 3.59. The number of hydrogen-bond donors (Lipinski definition) is 1. The molecule has 4 heterocycles. The van der Waals surface area contributed by atoms with Crippen molar-refractivity contribution in [3.05, 3.63) is 65.4 Å². The fraction of sp³-hybridized carbons (Fsp3) is 0.333. The Balaban J connectivity index is 1.20. The van der Waals surface area contributed by atoms with Crippen molar-refractivity contribution in [2.75, 3.05) is 26.2 Å². The summed E-state index contributed by atoms with van der Waals surface area (Å²) < 4.78 is 11.2. The smallest absolute Gasteiger partial charge is 0.274 e. The minimum absolute atomic E-state index is 0.0341. The summed E-state index contributed by atoms with van der Waals surface area (Å²) in [5.74, 6) is 2.56. The Kier molecular flexibility index (Phi) is 5.55. The van der Waals surface area contributed by atoms with Gasteiger partial charge in [-0.1, -0.05) is 35.0 Å². The number of nitrogens with zero attached hydrogens (tertiary/aromatic N) is 5. The lowest BCUT2D eigenvalue weighted by Crippen LogP contribution is -2.49. The predicted molar refractivity (Wildman–Crippen MR) is 121 cm³/mol. The molecule has 1 aliphatic heterocycles. The van der Waals surface area contributed by atoms with Crippen LogP contribution >= 0.6 is 0 Å². The molecule has 0 bridgehead atoms. The van der Waals surface area contributed by atoms with Crippen molar-refractivity contribution in [1.29, 1.82) is 0 Å². The summed E-state index contributed by atoms with van der Waals surface area (Å²) in [7, 11) is 0. The van der Waals surface area contributed by atoms with Gasteiger partial charge in [0.2, 0.25) is 11.7 Å². The highest BCUT2D eigenvalue weighted by Gasteiger charge is 2.29. The van der Waals surface area contributed by atoms with Crippen molar-refractivity contribution in [2.45, 2.75) is 26.8 Å². The fourth-order valence-electron chi connectivity index (χ4n) is 3.99. The molecule has 1 unspecified atom stereocenters. The summed E-state index contributed by atoms with van der Waals surface area (Å²) in [5.41, 5.74) is 3.20. The van der Waals surface area contributed by atoms with Crippen LogP contribution in [-0.2, 0) is 0 Å². The van der Waals surface area contributed by atoms with Gasteiger partial charge in [0, 0.05) is 37.8 Å². The van der Waals surface area contributed by atoms with E-state index in [9.17, 15) is 4.79 Å². The molecule has 170 valence electrons. The molecular formula is C24H26N6O3. The first kappa shape index (κ1) is 21.1. The van der Waals surface area contributed by atoms with E-state index in [4.69, 9.17) is 8.94 Å². The highest BCUT2D eigenvalue weighted by molar-refractivity contribution is 5.93. The van der Waals surface area contributed by atoms with Crippen LogP contribution < -0.4 is 0 Å². The number of H-pyrrole nitrogens is 1. The van der Waals surface area contributed by atoms with Crippen LogP contribution in [-0.4, -0.2) is 62.2 Å². The van der Waals surface area contributed by atoms with Crippen LogP contribution in [0.4, 0.5) is 0 Å². The van der Waals surface area contributed by atoms with Crippen LogP contribution in [0.25, 0.3) is 22.8 Å². The zero-order valence-electron chi connectivity index (χ0n) is 18.9. The van der Waals surface area contributed by atoms with E-state index in [1.54, 1.807) is 6.07 Å². The average molecular weight is 447 g/mol. The molecule has 5 rings (SSSR count). The molecule has 1 fully saturated rings. The Morgan fingerprint density at radius 1 is 1.06 bits per heavy atom. The third kappa shape index (κ3) is 4.31. The van der Waals surface area contributed by atoms with E-state index in [-0.39, 0.29) is 11.9 Å². The topological polar surface area (TPSA) is 104 Å². The Bertz CT molecular complexity index is 1250. The van der Waals surface area contributed by atoms with Crippen LogP contribution in [0, 0.1) is 13.8 Å². The number of aryl methyl sites for hydroxylation is 2. The first-order valence-corrected chi connectivity index (χ1v) is 11.0. The lowest BCUT2D eigenvalue weighted by atomic mass is 10.1. The van der Waals surface area contributed by atoms with E-state index in [0.717, 1.165) is 11.3 Å². The number of aromatic nitrogens is 4. The zero-order valence-corrected chi connectivity index (χ0v) is 18.9. The van der Waals surface area contributed by atoms with Crippen molar-refractivity contribution in [2.24, 2.45) is 0 Å². The third-order valence-corrected chi connectivity index (χ3v) is 6.06. The Morgan fingerprint density at radius 3 is 2.52 bits per heavy atom. The number of benzene rings is 1. The molecule has 1 atom stereocenters. The molecule has 9 heteroatoms. The molecular weight excluding hydrogens is 420 g/mol. The first-order chi connectivity index (χ1) is 16.0. The second-order valence-electron chi connectivity index (χ2n) is 8.40. The molecule has 9 nitrogen and oxygen atoms in total. The monoisotopic (exact) mass is 446 g/mol. The van der Waals surface area contributed by atoms with Gasteiger partial charge in [-0.25, -0.2) is 0 Å². The van der Waals surface area contributed by atoms with Crippen LogP contribution in [0.2, 0.25) is 0 Å². The molecule has 33 heavy (non-hydrogen) atoms. The number of hydrogen-bond acceptors (Lipinski definition) is 7. The molecule has 0 aliphatic carbocycles. The second-order valence-corrected chi connectivity index (χ2v) is 8.40. The standard InChI is InChI=1S/C24H26N6O3/c1-15-4-7-18(8-5-15)22-25-23(33-28-22)17(3)29-10-12-30(13-11-29)24(31)20-14-19(26-27-20)21-9-6-16(2)32-21/h4-9,14,17H,10-13H2,1-3H3,(H,26,27). The number of furan rings is 1. The molecule has 1 saturated heterocycles. The number of rotatable bonds is 5. The van der Waals surface area contributed by atoms with Gasteiger partial charge >= 0.3 is 0 Å². The molecule has 1 aromatic carbocycles. The molecule has 1 N–H and O–H groups in total. The molecule has 1 amide bonds. The van der Waals surface area contributed by atoms with Crippen LogP contribution in [0.5, 0.6) is 0 Å². The molecule has 3 aromatic heterocycles. The van der Waals surface area contributed by atoms with Gasteiger partial charge in [-0.3, -0.25) is 14.8 Å². The quantitative estimate of drug-likeness (QED) is 0.496. The van der Waals surface area contributed by atoms with Gasteiger partial charge in [-0.2, -0.15) is 10.1 Å². The minimum atomic E-state index is -0.0903. The largest absolute Gasteiger partial charge is 0.460 e. The number of carbonyl (C=O) groups excluding carboxylic acids is 1. The minimum Gasteiger partial charge on any atom is -0.460 e. The summed E-state index contributed by atoms with van der Waals surface area (Å²) in [5, 5.41) is 11.2. The third-order valence-electron chi connectivity index (χ3n) is 6.06. The van der Waals surface area contributed by atoms with E-state index in [1.807, 2.05) is 55.1 Å². The lowest BCUT2D eigenvalue weighted by Gasteiger charge is -2.36. The van der Waals surface area contributed by atoms with Gasteiger partial charge in [-0.05, 0) is 32.9 Å². The van der Waals surface area contributed by atoms with E-state index in [0.29, 0.717) is 55.0 Å². The molecule has 1 aliphatic rings. The highest BCUT2D eigenvalue weighted by atomic mass is 16.5. The molecule has 4 aromatic rings. The van der Waals surface area contributed by atoms with E-state index in [2.05, 4.69) is 32.2 Å². The maximum atomic E-state index is 12.9. The van der Waals surface area contributed by atoms with Gasteiger partial charge in [0.1, 0.15) is 11.5 Å². The van der Waals surface area contributed by atoms with Gasteiger partial charge in [0.05, 0.1) is 6.04 Å². The number of carbonyl (C=O) groups is 1. The number of nitrogens with one attached hydrogen (secondary N) is 1. The van der Waals surface area contributed by atoms with Crippen molar-refractivity contribution in [3.8, 4) is 22.8 Å².